The summed E-state index contributed by atoms with van der Waals surface area (Å²) in [5, 5.41) is 5.88. The number of fused-ring (bicyclic) bond motifs is 3. The first-order valence-electron chi connectivity index (χ1n) is 14.8. The molecule has 4 amide bonds. The number of benzene rings is 1. The van der Waals surface area contributed by atoms with Crippen molar-refractivity contribution in [2.75, 3.05) is 13.1 Å². The summed E-state index contributed by atoms with van der Waals surface area (Å²) in [5.41, 5.74) is 6.40. The van der Waals surface area contributed by atoms with E-state index in [1.165, 1.54) is 15.9 Å². The van der Waals surface area contributed by atoms with Crippen molar-refractivity contribution in [3.63, 3.8) is 0 Å². The Kier molecular flexibility index (Phi) is 8.63. The van der Waals surface area contributed by atoms with Crippen LogP contribution < -0.4 is 16.4 Å². The number of allylic oxidation sites excluding steroid dienone is 1. The zero-order valence-corrected chi connectivity index (χ0v) is 23.6. The second-order valence-electron chi connectivity index (χ2n) is 11.7. The fourth-order valence-electron chi connectivity index (χ4n) is 6.18. The molecule has 3 heterocycles. The third kappa shape index (κ3) is 6.10. The van der Waals surface area contributed by atoms with Gasteiger partial charge in [-0.15, -0.1) is 0 Å². The van der Waals surface area contributed by atoms with E-state index >= 15 is 0 Å². The van der Waals surface area contributed by atoms with Gasteiger partial charge in [0.05, 0.1) is 19.1 Å². The van der Waals surface area contributed by atoms with Crippen molar-refractivity contribution in [1.82, 2.24) is 20.4 Å². The minimum atomic E-state index is -1.07. The minimum Gasteiger partial charge on any atom is -0.444 e. The molecular formula is C30H40FN5O5. The van der Waals surface area contributed by atoms with Crippen LogP contribution in [-0.2, 0) is 32.2 Å². The van der Waals surface area contributed by atoms with Crippen LogP contribution in [0.3, 0.4) is 0 Å². The maximum atomic E-state index is 14.2. The normalized spacial score (nSPS) is 30.7. The molecule has 0 aromatic heterocycles. The Bertz CT molecular complexity index is 1220. The number of nitrogens with two attached hydrogens (primary N) is 1. The minimum absolute atomic E-state index is 0.0177. The molecule has 1 aromatic rings. The monoisotopic (exact) mass is 569 g/mol. The lowest BCUT2D eigenvalue weighted by atomic mass is 10.1. The van der Waals surface area contributed by atoms with E-state index in [9.17, 15) is 23.6 Å². The topological polar surface area (TPSA) is 134 Å². The van der Waals surface area contributed by atoms with Crippen molar-refractivity contribution in [3.8, 4) is 0 Å². The second-order valence-corrected chi connectivity index (χ2v) is 11.7. The number of hydrogen-bond acceptors (Lipinski definition) is 6. The number of hydrogen-bond donors (Lipinski definition) is 3. The van der Waals surface area contributed by atoms with E-state index in [4.69, 9.17) is 10.5 Å². The molecular weight excluding hydrogens is 529 g/mol. The molecule has 1 saturated carbocycles. The quantitative estimate of drug-likeness (QED) is 0.477. The van der Waals surface area contributed by atoms with E-state index in [0.29, 0.717) is 24.9 Å². The summed E-state index contributed by atoms with van der Waals surface area (Å²) in [4.78, 5) is 56.3. The zero-order chi connectivity index (χ0) is 29.1. The Morgan fingerprint density at radius 3 is 2.83 bits per heavy atom. The Labute approximate surface area is 239 Å². The van der Waals surface area contributed by atoms with Gasteiger partial charge in [-0.25, -0.2) is 9.18 Å². The fourth-order valence-corrected chi connectivity index (χ4v) is 6.18. The van der Waals surface area contributed by atoms with Crippen LogP contribution in [0.5, 0.6) is 0 Å². The highest BCUT2D eigenvalue weighted by Gasteiger charge is 2.60. The lowest BCUT2D eigenvalue weighted by Gasteiger charge is -2.28. The third-order valence-electron chi connectivity index (χ3n) is 8.67. The average Bonchev–Trinajstić information content (AvgIpc) is 3.26. The van der Waals surface area contributed by atoms with Crippen LogP contribution in [0.2, 0.25) is 0 Å². The molecule has 2 fully saturated rings. The summed E-state index contributed by atoms with van der Waals surface area (Å²) >= 11 is 0. The first kappa shape index (κ1) is 29.0. The molecule has 1 aliphatic carbocycles. The predicted molar refractivity (Wildman–Crippen MR) is 149 cm³/mol. The Morgan fingerprint density at radius 2 is 2.05 bits per heavy atom. The highest BCUT2D eigenvalue weighted by atomic mass is 19.1. The number of ether oxygens (including phenoxy) is 1. The number of rotatable bonds is 4. The van der Waals surface area contributed by atoms with Gasteiger partial charge in [-0.05, 0) is 43.7 Å². The molecule has 11 heteroatoms. The van der Waals surface area contributed by atoms with Gasteiger partial charge in [-0.2, -0.15) is 0 Å². The Morgan fingerprint density at radius 1 is 1.22 bits per heavy atom. The summed E-state index contributed by atoms with van der Waals surface area (Å²) in [5.74, 6) is -1.57. The number of halogens is 1. The molecule has 222 valence electrons. The van der Waals surface area contributed by atoms with E-state index in [0.717, 1.165) is 37.7 Å². The van der Waals surface area contributed by atoms with E-state index in [1.54, 1.807) is 12.1 Å². The molecule has 0 unspecified atom stereocenters. The van der Waals surface area contributed by atoms with Crippen LogP contribution in [0.15, 0.2) is 30.4 Å². The fraction of sp³-hybridized carbons (Fsp3) is 0.600. The van der Waals surface area contributed by atoms with Crippen LogP contribution in [0, 0.1) is 11.7 Å². The maximum absolute atomic E-state index is 14.2. The standard InChI is InChI=1S/C30H40FN5O5/c1-2-13-33-28(39)30-15-20(30)10-6-4-3-5-7-12-24(32)27(38)36-17-21(14-25(36)26(37)34-30)41-29(40)35-16-19-9-8-11-23(31)22(19)18-35/h6,8-11,20-21,24-25H,2-5,7,12-18,32H2,1H3,(H,33,39)(H,34,37)/b10-6-/t20-,21-,24+,25+,30-/m1/s1. The van der Waals surface area contributed by atoms with E-state index < -0.39 is 35.7 Å². The van der Waals surface area contributed by atoms with Crippen LogP contribution in [-0.4, -0.2) is 70.4 Å². The number of nitrogens with zero attached hydrogens (tertiary/aromatic N) is 2. The van der Waals surface area contributed by atoms with Crippen molar-refractivity contribution in [2.24, 2.45) is 11.7 Å². The lowest BCUT2D eigenvalue weighted by molar-refractivity contribution is -0.140. The van der Waals surface area contributed by atoms with Crippen molar-refractivity contribution in [1.29, 1.82) is 0 Å². The van der Waals surface area contributed by atoms with Crippen LogP contribution in [0.25, 0.3) is 0 Å². The summed E-state index contributed by atoms with van der Waals surface area (Å²) < 4.78 is 20.0. The first-order chi connectivity index (χ1) is 19.7. The third-order valence-corrected chi connectivity index (χ3v) is 8.67. The van der Waals surface area contributed by atoms with E-state index in [-0.39, 0.29) is 49.6 Å². The summed E-state index contributed by atoms with van der Waals surface area (Å²) in [7, 11) is 0. The van der Waals surface area contributed by atoms with E-state index in [1.807, 2.05) is 13.0 Å². The average molecular weight is 570 g/mol. The number of amides is 4. The van der Waals surface area contributed by atoms with Gasteiger partial charge in [0.1, 0.15) is 23.5 Å². The van der Waals surface area contributed by atoms with Crippen molar-refractivity contribution in [2.45, 2.75) is 95.1 Å². The van der Waals surface area contributed by atoms with Crippen LogP contribution in [0.4, 0.5) is 9.18 Å². The molecule has 1 saturated heterocycles. The largest absolute Gasteiger partial charge is 0.444 e. The highest BCUT2D eigenvalue weighted by Crippen LogP contribution is 2.45. The second kappa shape index (κ2) is 12.2. The molecule has 0 radical (unpaired) electrons. The predicted octanol–water partition coefficient (Wildman–Crippen LogP) is 2.50. The van der Waals surface area contributed by atoms with Crippen LogP contribution in [0.1, 0.15) is 69.4 Å². The zero-order valence-electron chi connectivity index (χ0n) is 23.6. The van der Waals surface area contributed by atoms with Crippen molar-refractivity contribution >= 4 is 23.8 Å². The highest BCUT2D eigenvalue weighted by molar-refractivity contribution is 5.98. The van der Waals surface area contributed by atoms with Crippen LogP contribution >= 0.6 is 0 Å². The maximum Gasteiger partial charge on any atom is 0.410 e. The molecule has 1 aromatic carbocycles. The number of carbonyl (C=O) groups is 4. The molecule has 5 rings (SSSR count). The SMILES string of the molecule is CCCNC(=O)[C@@]12C[C@H]1/C=C\CCCCC[C@H](N)C(=O)N1C[C@H](OC(=O)N3Cc4cccc(F)c4C3)C[C@H]1C(=O)N2. The van der Waals surface area contributed by atoms with Crippen molar-refractivity contribution < 1.29 is 28.3 Å². The summed E-state index contributed by atoms with van der Waals surface area (Å²) in [6.45, 7) is 2.79. The van der Waals surface area contributed by atoms with Gasteiger partial charge in [0.25, 0.3) is 0 Å². The molecule has 4 aliphatic rings. The van der Waals surface area contributed by atoms with Gasteiger partial charge < -0.3 is 26.0 Å². The summed E-state index contributed by atoms with van der Waals surface area (Å²) in [6, 6.07) is 3.01. The van der Waals surface area contributed by atoms with Gasteiger partial charge >= 0.3 is 6.09 Å². The number of carbonyl (C=O) groups excluding carboxylic acids is 4. The molecule has 0 spiro atoms. The molecule has 5 atom stereocenters. The number of nitrogens with one attached hydrogen (secondary N) is 2. The summed E-state index contributed by atoms with van der Waals surface area (Å²) in [6.07, 6.45) is 8.01. The first-order valence-corrected chi connectivity index (χ1v) is 14.8. The Balaban J connectivity index is 1.32. The van der Waals surface area contributed by atoms with Crippen molar-refractivity contribution in [3.05, 3.63) is 47.3 Å². The van der Waals surface area contributed by atoms with Gasteiger partial charge in [-0.1, -0.05) is 44.1 Å². The van der Waals surface area contributed by atoms with Gasteiger partial charge in [0.15, 0.2) is 0 Å². The smallest absolute Gasteiger partial charge is 0.410 e. The molecule has 41 heavy (non-hydrogen) atoms. The molecule has 10 nitrogen and oxygen atoms in total. The molecule has 0 bridgehead atoms. The molecule has 3 aliphatic heterocycles. The van der Waals surface area contributed by atoms with Gasteiger partial charge in [0.2, 0.25) is 17.7 Å². The Hall–Kier alpha value is -3.47. The lowest BCUT2D eigenvalue weighted by Crippen LogP contribution is -2.57. The molecule has 4 N–H and O–H groups in total. The van der Waals surface area contributed by atoms with E-state index in [2.05, 4.69) is 16.7 Å². The van der Waals surface area contributed by atoms with Gasteiger partial charge in [0, 0.05) is 31.0 Å². The van der Waals surface area contributed by atoms with Gasteiger partial charge in [-0.3, -0.25) is 19.3 Å².